The van der Waals surface area contributed by atoms with Gasteiger partial charge in [-0.25, -0.2) is 4.98 Å². The van der Waals surface area contributed by atoms with Crippen molar-refractivity contribution in [1.82, 2.24) is 14.5 Å². The number of aryl methyl sites for hydroxylation is 1. The van der Waals surface area contributed by atoms with Crippen LogP contribution < -0.4 is 5.56 Å². The highest BCUT2D eigenvalue weighted by Crippen LogP contribution is 2.31. The SMILES string of the molecule is Cc1cccc(-n2c(SCc3ccccc3Cl)nc3c(-c4ccccc4)c[nH]c3c2=O)c1. The number of rotatable bonds is 5. The maximum atomic E-state index is 13.6. The number of benzene rings is 3. The molecule has 32 heavy (non-hydrogen) atoms. The van der Waals surface area contributed by atoms with Crippen LogP contribution in [0.1, 0.15) is 11.1 Å². The maximum absolute atomic E-state index is 13.6. The van der Waals surface area contributed by atoms with E-state index in [0.717, 1.165) is 27.9 Å². The van der Waals surface area contributed by atoms with Gasteiger partial charge in [0, 0.05) is 22.5 Å². The van der Waals surface area contributed by atoms with Gasteiger partial charge >= 0.3 is 0 Å². The Balaban J connectivity index is 1.70. The maximum Gasteiger partial charge on any atom is 0.283 e. The van der Waals surface area contributed by atoms with E-state index >= 15 is 0 Å². The highest BCUT2D eigenvalue weighted by atomic mass is 35.5. The Labute approximate surface area is 194 Å². The number of halogens is 1. The number of aromatic nitrogens is 3. The van der Waals surface area contributed by atoms with Crippen molar-refractivity contribution < 1.29 is 0 Å². The molecule has 0 aliphatic carbocycles. The molecule has 0 bridgehead atoms. The third-order valence-corrected chi connectivity index (χ3v) is 6.68. The molecule has 0 saturated carbocycles. The molecule has 6 heteroatoms. The first-order valence-corrected chi connectivity index (χ1v) is 11.6. The Morgan fingerprint density at radius 2 is 1.78 bits per heavy atom. The van der Waals surface area contributed by atoms with Gasteiger partial charge in [-0.2, -0.15) is 0 Å². The Morgan fingerprint density at radius 3 is 2.56 bits per heavy atom. The summed E-state index contributed by atoms with van der Waals surface area (Å²) < 4.78 is 1.68. The third kappa shape index (κ3) is 3.85. The monoisotopic (exact) mass is 457 g/mol. The highest BCUT2D eigenvalue weighted by Gasteiger charge is 2.18. The number of hydrogen-bond donors (Lipinski definition) is 1. The minimum Gasteiger partial charge on any atom is -0.355 e. The predicted molar refractivity (Wildman–Crippen MR) is 133 cm³/mol. The second-order valence-electron chi connectivity index (χ2n) is 7.55. The lowest BCUT2D eigenvalue weighted by atomic mass is 10.1. The van der Waals surface area contributed by atoms with Crippen molar-refractivity contribution in [2.24, 2.45) is 0 Å². The Morgan fingerprint density at radius 1 is 1.00 bits per heavy atom. The minimum atomic E-state index is -0.121. The van der Waals surface area contributed by atoms with Crippen molar-refractivity contribution in [3.63, 3.8) is 0 Å². The van der Waals surface area contributed by atoms with E-state index in [0.29, 0.717) is 27.0 Å². The van der Waals surface area contributed by atoms with Crippen molar-refractivity contribution in [2.75, 3.05) is 0 Å². The van der Waals surface area contributed by atoms with Crippen LogP contribution in [-0.2, 0) is 5.75 Å². The number of H-pyrrole nitrogens is 1. The van der Waals surface area contributed by atoms with Gasteiger partial charge in [0.2, 0.25) is 0 Å². The second-order valence-corrected chi connectivity index (χ2v) is 8.90. The molecule has 5 aromatic rings. The summed E-state index contributed by atoms with van der Waals surface area (Å²) >= 11 is 7.88. The van der Waals surface area contributed by atoms with E-state index in [1.165, 1.54) is 11.8 Å². The van der Waals surface area contributed by atoms with Crippen molar-refractivity contribution in [3.8, 4) is 16.8 Å². The molecule has 3 aromatic carbocycles. The number of thioether (sulfide) groups is 1. The van der Waals surface area contributed by atoms with E-state index < -0.39 is 0 Å². The van der Waals surface area contributed by atoms with Crippen molar-refractivity contribution >= 4 is 34.4 Å². The average molecular weight is 458 g/mol. The molecule has 0 atom stereocenters. The molecule has 1 N–H and O–H groups in total. The van der Waals surface area contributed by atoms with Gasteiger partial charge in [-0.05, 0) is 41.8 Å². The molecule has 0 spiro atoms. The molecule has 4 nitrogen and oxygen atoms in total. The van der Waals surface area contributed by atoms with Crippen LogP contribution in [0.4, 0.5) is 0 Å². The molecule has 2 aromatic heterocycles. The molecule has 0 amide bonds. The van der Waals surface area contributed by atoms with Crippen LogP contribution in [0.5, 0.6) is 0 Å². The zero-order chi connectivity index (χ0) is 22.1. The number of nitrogens with one attached hydrogen (secondary N) is 1. The van der Waals surface area contributed by atoms with E-state index in [1.807, 2.05) is 92.0 Å². The van der Waals surface area contributed by atoms with Crippen LogP contribution in [0, 0.1) is 6.92 Å². The highest BCUT2D eigenvalue weighted by molar-refractivity contribution is 7.98. The fourth-order valence-corrected chi connectivity index (χ4v) is 5.02. The van der Waals surface area contributed by atoms with E-state index in [9.17, 15) is 4.79 Å². The summed E-state index contributed by atoms with van der Waals surface area (Å²) in [5.41, 5.74) is 5.84. The van der Waals surface area contributed by atoms with E-state index in [-0.39, 0.29) is 5.56 Å². The molecule has 0 aliphatic rings. The fraction of sp³-hybridized carbons (Fsp3) is 0.0769. The van der Waals surface area contributed by atoms with Crippen molar-refractivity contribution in [1.29, 1.82) is 0 Å². The van der Waals surface area contributed by atoms with Crippen LogP contribution in [-0.4, -0.2) is 14.5 Å². The van der Waals surface area contributed by atoms with Gasteiger partial charge in [-0.15, -0.1) is 0 Å². The van der Waals surface area contributed by atoms with E-state index in [4.69, 9.17) is 16.6 Å². The molecule has 0 fully saturated rings. The normalized spacial score (nSPS) is 11.2. The molecule has 2 heterocycles. The van der Waals surface area contributed by atoms with Gasteiger partial charge in [-0.3, -0.25) is 9.36 Å². The van der Waals surface area contributed by atoms with Gasteiger partial charge in [-0.1, -0.05) is 84.0 Å². The third-order valence-electron chi connectivity index (χ3n) is 5.33. The summed E-state index contributed by atoms with van der Waals surface area (Å²) in [7, 11) is 0. The summed E-state index contributed by atoms with van der Waals surface area (Å²) in [6, 6.07) is 25.6. The summed E-state index contributed by atoms with van der Waals surface area (Å²) in [6.07, 6.45) is 1.86. The lowest BCUT2D eigenvalue weighted by Gasteiger charge is -2.13. The fourth-order valence-electron chi connectivity index (χ4n) is 3.73. The van der Waals surface area contributed by atoms with Gasteiger partial charge in [0.05, 0.1) is 5.69 Å². The largest absolute Gasteiger partial charge is 0.355 e. The van der Waals surface area contributed by atoms with E-state index in [1.54, 1.807) is 4.57 Å². The molecular weight excluding hydrogens is 438 g/mol. The first kappa shape index (κ1) is 20.6. The number of fused-ring (bicyclic) bond motifs is 1. The topological polar surface area (TPSA) is 50.7 Å². The standard InChI is InChI=1S/C26H20ClN3OS/c1-17-8-7-12-20(14-17)30-25(31)24-23(21(15-28-24)18-9-3-2-4-10-18)29-26(30)32-16-19-11-5-6-13-22(19)27/h2-15,28H,16H2,1H3. The number of hydrogen-bond acceptors (Lipinski definition) is 3. The number of aromatic amines is 1. The summed E-state index contributed by atoms with van der Waals surface area (Å²) in [6.45, 7) is 2.01. The molecule has 0 saturated heterocycles. The van der Waals surface area contributed by atoms with Crippen LogP contribution in [0.2, 0.25) is 5.02 Å². The molecular formula is C26H20ClN3OS. The van der Waals surface area contributed by atoms with Crippen LogP contribution >= 0.6 is 23.4 Å². The molecule has 158 valence electrons. The Hall–Kier alpha value is -3.28. The first-order valence-electron chi connectivity index (χ1n) is 10.2. The van der Waals surface area contributed by atoms with Gasteiger partial charge in [0.25, 0.3) is 5.56 Å². The van der Waals surface area contributed by atoms with Crippen molar-refractivity contribution in [2.45, 2.75) is 17.8 Å². The second kappa shape index (κ2) is 8.69. The Kier molecular flexibility index (Phi) is 5.60. The number of nitrogens with zero attached hydrogens (tertiary/aromatic N) is 2. The summed E-state index contributed by atoms with van der Waals surface area (Å²) in [4.78, 5) is 21.8. The first-order chi connectivity index (χ1) is 15.6. The van der Waals surface area contributed by atoms with E-state index in [2.05, 4.69) is 4.98 Å². The Bertz CT molecular complexity index is 1470. The smallest absolute Gasteiger partial charge is 0.283 e. The van der Waals surface area contributed by atoms with Crippen LogP contribution in [0.15, 0.2) is 95.0 Å². The van der Waals surface area contributed by atoms with Crippen molar-refractivity contribution in [3.05, 3.63) is 112 Å². The zero-order valence-electron chi connectivity index (χ0n) is 17.4. The van der Waals surface area contributed by atoms with Crippen LogP contribution in [0.3, 0.4) is 0 Å². The average Bonchev–Trinajstić information content (AvgIpc) is 3.23. The van der Waals surface area contributed by atoms with Gasteiger partial charge in [0.15, 0.2) is 5.16 Å². The molecule has 0 unspecified atom stereocenters. The summed E-state index contributed by atoms with van der Waals surface area (Å²) in [5, 5.41) is 1.34. The molecule has 0 aliphatic heterocycles. The predicted octanol–water partition coefficient (Wildman–Crippen LogP) is 6.63. The summed E-state index contributed by atoms with van der Waals surface area (Å²) in [5.74, 6) is 0.606. The molecule has 0 radical (unpaired) electrons. The van der Waals surface area contributed by atoms with Gasteiger partial charge < -0.3 is 4.98 Å². The van der Waals surface area contributed by atoms with Gasteiger partial charge in [0.1, 0.15) is 11.0 Å². The minimum absolute atomic E-state index is 0.121. The zero-order valence-corrected chi connectivity index (χ0v) is 19.0. The lowest BCUT2D eigenvalue weighted by Crippen LogP contribution is -2.22. The van der Waals surface area contributed by atoms with Crippen LogP contribution in [0.25, 0.3) is 27.8 Å². The lowest BCUT2D eigenvalue weighted by molar-refractivity contribution is 0.817. The quantitative estimate of drug-likeness (QED) is 0.238. The molecule has 5 rings (SSSR count).